The van der Waals surface area contributed by atoms with Crippen LogP contribution in [0.1, 0.15) is 29.4 Å². The SMILES string of the molecule is O=C1CC(c2cccc(Cl)c2)C(c2ccccc2)C(=O)N1. The molecule has 3 nitrogen and oxygen atoms in total. The zero-order valence-corrected chi connectivity index (χ0v) is 12.0. The van der Waals surface area contributed by atoms with Gasteiger partial charge in [-0.3, -0.25) is 14.9 Å². The minimum Gasteiger partial charge on any atom is -0.296 e. The summed E-state index contributed by atoms with van der Waals surface area (Å²) in [4.78, 5) is 24.1. The van der Waals surface area contributed by atoms with Crippen molar-refractivity contribution in [1.82, 2.24) is 5.32 Å². The minimum atomic E-state index is -0.373. The standard InChI is InChI=1S/C17H14ClNO2/c18-13-8-4-7-12(9-13)14-10-15(20)19-17(21)16(14)11-5-2-1-3-6-11/h1-9,14,16H,10H2,(H,19,20,21). The van der Waals surface area contributed by atoms with Crippen LogP contribution in [0, 0.1) is 0 Å². The Bertz CT molecular complexity index is 684. The summed E-state index contributed by atoms with van der Waals surface area (Å²) in [5.41, 5.74) is 1.83. The molecule has 21 heavy (non-hydrogen) atoms. The lowest BCUT2D eigenvalue weighted by molar-refractivity contribution is -0.135. The minimum absolute atomic E-state index is 0.188. The van der Waals surface area contributed by atoms with Crippen LogP contribution in [0.25, 0.3) is 0 Å². The molecule has 2 unspecified atom stereocenters. The summed E-state index contributed by atoms with van der Waals surface area (Å²) in [7, 11) is 0. The van der Waals surface area contributed by atoms with E-state index < -0.39 is 0 Å². The summed E-state index contributed by atoms with van der Waals surface area (Å²) in [6.07, 6.45) is 0.283. The van der Waals surface area contributed by atoms with Gasteiger partial charge >= 0.3 is 0 Å². The van der Waals surface area contributed by atoms with Crippen molar-refractivity contribution in [1.29, 1.82) is 0 Å². The first-order valence-electron chi connectivity index (χ1n) is 6.79. The molecule has 1 aliphatic rings. The number of hydrogen-bond donors (Lipinski definition) is 1. The summed E-state index contributed by atoms with van der Waals surface area (Å²) < 4.78 is 0. The monoisotopic (exact) mass is 299 g/mol. The van der Waals surface area contributed by atoms with Gasteiger partial charge in [-0.1, -0.05) is 54.1 Å². The van der Waals surface area contributed by atoms with Crippen LogP contribution in [-0.4, -0.2) is 11.8 Å². The fraction of sp³-hybridized carbons (Fsp3) is 0.176. The number of hydrogen-bond acceptors (Lipinski definition) is 2. The number of imide groups is 1. The Balaban J connectivity index is 2.05. The smallest absolute Gasteiger partial charge is 0.234 e. The van der Waals surface area contributed by atoms with Crippen molar-refractivity contribution in [3.05, 3.63) is 70.7 Å². The molecule has 0 radical (unpaired) electrons. The molecule has 1 heterocycles. The van der Waals surface area contributed by atoms with Crippen LogP contribution in [-0.2, 0) is 9.59 Å². The van der Waals surface area contributed by atoms with Gasteiger partial charge in [-0.25, -0.2) is 0 Å². The van der Waals surface area contributed by atoms with Crippen LogP contribution in [0.2, 0.25) is 5.02 Å². The second-order valence-electron chi connectivity index (χ2n) is 5.17. The molecule has 0 bridgehead atoms. The van der Waals surface area contributed by atoms with Crippen LogP contribution in [0.5, 0.6) is 0 Å². The van der Waals surface area contributed by atoms with Crippen molar-refractivity contribution in [2.24, 2.45) is 0 Å². The van der Waals surface area contributed by atoms with Gasteiger partial charge in [-0.05, 0) is 23.3 Å². The van der Waals surface area contributed by atoms with E-state index in [9.17, 15) is 9.59 Å². The summed E-state index contributed by atoms with van der Waals surface area (Å²) in [5.74, 6) is -1.05. The maximum atomic E-state index is 12.3. The van der Waals surface area contributed by atoms with E-state index in [1.807, 2.05) is 48.5 Å². The predicted molar refractivity (Wildman–Crippen MR) is 81.1 cm³/mol. The predicted octanol–water partition coefficient (Wildman–Crippen LogP) is 3.25. The van der Waals surface area contributed by atoms with E-state index >= 15 is 0 Å². The Morgan fingerprint density at radius 1 is 0.952 bits per heavy atom. The Morgan fingerprint density at radius 2 is 1.67 bits per heavy atom. The highest BCUT2D eigenvalue weighted by Crippen LogP contribution is 2.38. The molecule has 0 spiro atoms. The Morgan fingerprint density at radius 3 is 2.38 bits per heavy atom. The molecule has 106 valence electrons. The van der Waals surface area contributed by atoms with E-state index in [4.69, 9.17) is 11.6 Å². The molecule has 1 fully saturated rings. The number of halogens is 1. The van der Waals surface area contributed by atoms with E-state index in [2.05, 4.69) is 5.32 Å². The van der Waals surface area contributed by atoms with Crippen LogP contribution < -0.4 is 5.32 Å². The number of benzene rings is 2. The fourth-order valence-corrected chi connectivity index (χ4v) is 3.06. The fourth-order valence-electron chi connectivity index (χ4n) is 2.86. The van der Waals surface area contributed by atoms with Gasteiger partial charge < -0.3 is 0 Å². The Labute approximate surface area is 127 Å². The molecule has 2 aromatic carbocycles. The van der Waals surface area contributed by atoms with Gasteiger partial charge in [0.25, 0.3) is 0 Å². The van der Waals surface area contributed by atoms with E-state index in [0.29, 0.717) is 5.02 Å². The van der Waals surface area contributed by atoms with Crippen LogP contribution >= 0.6 is 11.6 Å². The van der Waals surface area contributed by atoms with Gasteiger partial charge in [0, 0.05) is 17.4 Å². The first kappa shape index (κ1) is 13.8. The van der Waals surface area contributed by atoms with E-state index in [-0.39, 0.29) is 30.1 Å². The average molecular weight is 300 g/mol. The third-order valence-corrected chi connectivity index (χ3v) is 4.02. The number of amides is 2. The second kappa shape index (κ2) is 5.70. The van der Waals surface area contributed by atoms with E-state index in [0.717, 1.165) is 11.1 Å². The molecule has 1 saturated heterocycles. The van der Waals surface area contributed by atoms with Crippen molar-refractivity contribution >= 4 is 23.4 Å². The molecular formula is C17H14ClNO2. The van der Waals surface area contributed by atoms with Gasteiger partial charge in [0.1, 0.15) is 0 Å². The molecule has 1 N–H and O–H groups in total. The first-order chi connectivity index (χ1) is 10.1. The second-order valence-corrected chi connectivity index (χ2v) is 5.60. The molecule has 4 heteroatoms. The van der Waals surface area contributed by atoms with E-state index in [1.54, 1.807) is 6.07 Å². The molecule has 0 saturated carbocycles. The topological polar surface area (TPSA) is 46.2 Å². The molecule has 2 amide bonds. The van der Waals surface area contributed by atoms with Crippen molar-refractivity contribution in [3.8, 4) is 0 Å². The summed E-state index contributed by atoms with van der Waals surface area (Å²) in [6, 6.07) is 16.9. The molecule has 3 rings (SSSR count). The number of carbonyl (C=O) groups is 2. The van der Waals surface area contributed by atoms with Crippen LogP contribution in [0.15, 0.2) is 54.6 Å². The van der Waals surface area contributed by atoms with Crippen LogP contribution in [0.4, 0.5) is 0 Å². The summed E-state index contributed by atoms with van der Waals surface area (Å²) in [5, 5.41) is 3.04. The molecule has 0 aromatic heterocycles. The highest BCUT2D eigenvalue weighted by molar-refractivity contribution is 6.30. The van der Waals surface area contributed by atoms with Gasteiger partial charge in [0.2, 0.25) is 11.8 Å². The van der Waals surface area contributed by atoms with Gasteiger partial charge in [-0.15, -0.1) is 0 Å². The zero-order valence-electron chi connectivity index (χ0n) is 11.3. The van der Waals surface area contributed by atoms with Gasteiger partial charge in [0.15, 0.2) is 0 Å². The van der Waals surface area contributed by atoms with Gasteiger partial charge in [0.05, 0.1) is 5.92 Å². The third kappa shape index (κ3) is 2.83. The lowest BCUT2D eigenvalue weighted by Crippen LogP contribution is -2.43. The van der Waals surface area contributed by atoms with E-state index in [1.165, 1.54) is 0 Å². The zero-order chi connectivity index (χ0) is 14.8. The quantitative estimate of drug-likeness (QED) is 0.865. The molecule has 2 atom stereocenters. The van der Waals surface area contributed by atoms with Crippen LogP contribution in [0.3, 0.4) is 0 Å². The van der Waals surface area contributed by atoms with Crippen molar-refractivity contribution < 1.29 is 9.59 Å². The Hall–Kier alpha value is -2.13. The van der Waals surface area contributed by atoms with Crippen molar-refractivity contribution in [3.63, 3.8) is 0 Å². The number of nitrogens with one attached hydrogen (secondary N) is 1. The molecule has 0 aliphatic carbocycles. The highest BCUT2D eigenvalue weighted by Gasteiger charge is 2.37. The van der Waals surface area contributed by atoms with Gasteiger partial charge in [-0.2, -0.15) is 0 Å². The normalized spacial score (nSPS) is 22.0. The summed E-state index contributed by atoms with van der Waals surface area (Å²) >= 11 is 6.05. The maximum Gasteiger partial charge on any atom is 0.234 e. The van der Waals surface area contributed by atoms with Crippen molar-refractivity contribution in [2.45, 2.75) is 18.3 Å². The molecule has 1 aliphatic heterocycles. The number of piperidine rings is 1. The maximum absolute atomic E-state index is 12.3. The number of carbonyl (C=O) groups excluding carboxylic acids is 2. The lowest BCUT2D eigenvalue weighted by atomic mass is 9.76. The molecule has 2 aromatic rings. The first-order valence-corrected chi connectivity index (χ1v) is 7.17. The largest absolute Gasteiger partial charge is 0.296 e. The average Bonchev–Trinajstić information content (AvgIpc) is 2.47. The Kier molecular flexibility index (Phi) is 3.76. The lowest BCUT2D eigenvalue weighted by Gasteiger charge is -2.30. The summed E-state index contributed by atoms with van der Waals surface area (Å²) in [6.45, 7) is 0. The van der Waals surface area contributed by atoms with Crippen molar-refractivity contribution in [2.75, 3.05) is 0 Å². The third-order valence-electron chi connectivity index (χ3n) is 3.79. The number of rotatable bonds is 2. The molecular weight excluding hydrogens is 286 g/mol. The highest BCUT2D eigenvalue weighted by atomic mass is 35.5.